The van der Waals surface area contributed by atoms with Crippen LogP contribution in [0.15, 0.2) is 84.4 Å². The summed E-state index contributed by atoms with van der Waals surface area (Å²) < 4.78 is 10.5. The summed E-state index contributed by atoms with van der Waals surface area (Å²) in [7, 11) is 1.56. The highest BCUT2D eigenvalue weighted by Gasteiger charge is 2.16. The van der Waals surface area contributed by atoms with Crippen molar-refractivity contribution in [3.05, 3.63) is 90.0 Å². The van der Waals surface area contributed by atoms with Crippen molar-refractivity contribution < 1.29 is 14.3 Å². The van der Waals surface area contributed by atoms with Gasteiger partial charge >= 0.3 is 5.97 Å². The van der Waals surface area contributed by atoms with Gasteiger partial charge in [0.2, 0.25) is 0 Å². The Morgan fingerprint density at radius 1 is 0.967 bits per heavy atom. The third kappa shape index (κ3) is 4.68. The minimum Gasteiger partial charge on any atom is -0.496 e. The van der Waals surface area contributed by atoms with Gasteiger partial charge in [0.05, 0.1) is 13.7 Å². The van der Waals surface area contributed by atoms with Gasteiger partial charge in [-0.1, -0.05) is 36.4 Å². The molecule has 0 radical (unpaired) electrons. The van der Waals surface area contributed by atoms with Gasteiger partial charge in [0.25, 0.3) is 0 Å². The number of hydrogen-bond donors (Lipinski definition) is 0. The lowest BCUT2D eigenvalue weighted by Gasteiger charge is -2.26. The molecule has 0 aliphatic rings. The number of carbonyl (C=O) groups is 1. The van der Waals surface area contributed by atoms with Crippen molar-refractivity contribution in [1.82, 2.24) is 0 Å². The maximum absolute atomic E-state index is 12.0. The number of para-hydroxylation sites is 2. The third-order valence-corrected chi connectivity index (χ3v) is 4.42. The normalized spacial score (nSPS) is 10.8. The molecule has 0 bridgehead atoms. The van der Waals surface area contributed by atoms with E-state index in [0.29, 0.717) is 11.3 Å². The summed E-state index contributed by atoms with van der Waals surface area (Å²) in [6.45, 7) is 1.90. The number of nitriles is 1. The molecule has 0 aromatic heterocycles. The predicted octanol–water partition coefficient (Wildman–Crippen LogP) is 5.64. The van der Waals surface area contributed by atoms with Crippen molar-refractivity contribution in [2.75, 3.05) is 18.6 Å². The molecule has 0 saturated heterocycles. The molecule has 0 N–H and O–H groups in total. The smallest absolute Gasteiger partial charge is 0.348 e. The highest BCUT2D eigenvalue weighted by Crippen LogP contribution is 2.37. The van der Waals surface area contributed by atoms with Crippen LogP contribution in [0.5, 0.6) is 5.75 Å². The molecule has 0 spiro atoms. The van der Waals surface area contributed by atoms with Crippen LogP contribution in [-0.4, -0.2) is 19.7 Å². The minimum absolute atomic E-state index is 0.0779. The molecule has 0 unspecified atom stereocenters. The zero-order valence-corrected chi connectivity index (χ0v) is 16.9. The molecule has 0 fully saturated rings. The molecule has 0 heterocycles. The standard InChI is InChI=1S/C25H22N2O3/c1-3-30-25(28)20(18-26)16-19-14-15-23(17-24(19)29-2)27(21-10-6-4-7-11-21)22-12-8-5-9-13-22/h4-17H,3H2,1-2H3/b20-16-. The topological polar surface area (TPSA) is 62.6 Å². The maximum atomic E-state index is 12.0. The number of hydrogen-bond acceptors (Lipinski definition) is 5. The molecular weight excluding hydrogens is 376 g/mol. The van der Waals surface area contributed by atoms with Gasteiger partial charge in [0.1, 0.15) is 17.4 Å². The Hall–Kier alpha value is -4.04. The predicted molar refractivity (Wildman–Crippen MR) is 118 cm³/mol. The van der Waals surface area contributed by atoms with Gasteiger partial charge in [-0.3, -0.25) is 0 Å². The van der Waals surface area contributed by atoms with E-state index in [4.69, 9.17) is 9.47 Å². The molecule has 0 atom stereocenters. The molecule has 5 nitrogen and oxygen atoms in total. The Kier molecular flexibility index (Phi) is 6.86. The highest BCUT2D eigenvalue weighted by atomic mass is 16.5. The molecule has 0 saturated carbocycles. The quantitative estimate of drug-likeness (QED) is 0.293. The van der Waals surface area contributed by atoms with Gasteiger partial charge in [-0.15, -0.1) is 0 Å². The second-order valence-corrected chi connectivity index (χ2v) is 6.32. The van der Waals surface area contributed by atoms with E-state index in [0.717, 1.165) is 17.1 Å². The largest absolute Gasteiger partial charge is 0.496 e. The third-order valence-electron chi connectivity index (χ3n) is 4.42. The average Bonchev–Trinajstić information content (AvgIpc) is 2.79. The number of esters is 1. The molecule has 3 rings (SSSR count). The van der Waals surface area contributed by atoms with Crippen molar-refractivity contribution in [3.8, 4) is 11.8 Å². The zero-order chi connectivity index (χ0) is 21.3. The van der Waals surface area contributed by atoms with Gasteiger partial charge in [-0.25, -0.2) is 4.79 Å². The first kappa shape index (κ1) is 20.7. The second kappa shape index (κ2) is 9.94. The van der Waals surface area contributed by atoms with Gasteiger partial charge < -0.3 is 14.4 Å². The zero-order valence-electron chi connectivity index (χ0n) is 16.9. The van der Waals surface area contributed by atoms with Crippen molar-refractivity contribution in [2.45, 2.75) is 6.92 Å². The minimum atomic E-state index is -0.652. The van der Waals surface area contributed by atoms with Crippen LogP contribution in [0.4, 0.5) is 17.1 Å². The van der Waals surface area contributed by atoms with E-state index in [1.54, 1.807) is 14.0 Å². The van der Waals surface area contributed by atoms with Gasteiger partial charge in [0, 0.05) is 28.7 Å². The first-order chi connectivity index (χ1) is 14.7. The summed E-state index contributed by atoms with van der Waals surface area (Å²) in [4.78, 5) is 14.1. The lowest BCUT2D eigenvalue weighted by Crippen LogP contribution is -2.10. The summed E-state index contributed by atoms with van der Waals surface area (Å²) >= 11 is 0. The molecule has 3 aromatic rings. The summed E-state index contributed by atoms with van der Waals surface area (Å²) in [5, 5.41) is 9.32. The molecule has 30 heavy (non-hydrogen) atoms. The molecule has 0 aliphatic carbocycles. The van der Waals surface area contributed by atoms with E-state index in [1.165, 1.54) is 6.08 Å². The van der Waals surface area contributed by atoms with E-state index in [1.807, 2.05) is 84.9 Å². The Labute approximate surface area is 176 Å². The Morgan fingerprint density at radius 2 is 1.57 bits per heavy atom. The van der Waals surface area contributed by atoms with Crippen LogP contribution < -0.4 is 9.64 Å². The Bertz CT molecular complexity index is 1030. The van der Waals surface area contributed by atoms with E-state index >= 15 is 0 Å². The number of ether oxygens (including phenoxy) is 2. The lowest BCUT2D eigenvalue weighted by molar-refractivity contribution is -0.137. The Morgan fingerprint density at radius 3 is 2.07 bits per heavy atom. The van der Waals surface area contributed by atoms with E-state index in [9.17, 15) is 10.1 Å². The second-order valence-electron chi connectivity index (χ2n) is 6.32. The lowest BCUT2D eigenvalue weighted by atomic mass is 10.1. The number of methoxy groups -OCH3 is 1. The first-order valence-electron chi connectivity index (χ1n) is 9.55. The first-order valence-corrected chi connectivity index (χ1v) is 9.55. The summed E-state index contributed by atoms with van der Waals surface area (Å²) in [6, 6.07) is 27.5. The van der Waals surface area contributed by atoms with Crippen LogP contribution in [0.2, 0.25) is 0 Å². The number of rotatable bonds is 7. The fourth-order valence-corrected chi connectivity index (χ4v) is 3.06. The van der Waals surface area contributed by atoms with E-state index < -0.39 is 5.97 Å². The molecule has 3 aromatic carbocycles. The molecule has 5 heteroatoms. The number of carbonyl (C=O) groups excluding carboxylic acids is 1. The van der Waals surface area contributed by atoms with Crippen LogP contribution in [0, 0.1) is 11.3 Å². The van der Waals surface area contributed by atoms with E-state index in [-0.39, 0.29) is 12.2 Å². The van der Waals surface area contributed by atoms with Crippen molar-refractivity contribution in [2.24, 2.45) is 0 Å². The van der Waals surface area contributed by atoms with Crippen molar-refractivity contribution in [1.29, 1.82) is 5.26 Å². The van der Waals surface area contributed by atoms with Crippen LogP contribution in [0.1, 0.15) is 12.5 Å². The number of benzene rings is 3. The van der Waals surface area contributed by atoms with Crippen LogP contribution >= 0.6 is 0 Å². The molecule has 0 amide bonds. The molecule has 0 aliphatic heterocycles. The molecular formula is C25H22N2O3. The molecule has 150 valence electrons. The van der Waals surface area contributed by atoms with Gasteiger partial charge in [0.15, 0.2) is 0 Å². The van der Waals surface area contributed by atoms with Gasteiger partial charge in [-0.05, 0) is 49.4 Å². The summed E-state index contributed by atoms with van der Waals surface area (Å²) in [5.74, 6) is -0.109. The van der Waals surface area contributed by atoms with E-state index in [2.05, 4.69) is 4.90 Å². The maximum Gasteiger partial charge on any atom is 0.348 e. The van der Waals surface area contributed by atoms with Crippen molar-refractivity contribution >= 4 is 29.1 Å². The highest BCUT2D eigenvalue weighted by molar-refractivity contribution is 5.98. The van der Waals surface area contributed by atoms with Crippen LogP contribution in [0.3, 0.4) is 0 Å². The van der Waals surface area contributed by atoms with Crippen LogP contribution in [-0.2, 0) is 9.53 Å². The monoisotopic (exact) mass is 398 g/mol. The van der Waals surface area contributed by atoms with Gasteiger partial charge in [-0.2, -0.15) is 5.26 Å². The summed E-state index contributed by atoms with van der Waals surface area (Å²) in [6.07, 6.45) is 1.48. The SMILES string of the molecule is CCOC(=O)/C(C#N)=C\c1ccc(N(c2ccccc2)c2ccccc2)cc1OC. The fourth-order valence-electron chi connectivity index (χ4n) is 3.06. The number of anilines is 3. The van der Waals surface area contributed by atoms with Crippen molar-refractivity contribution in [3.63, 3.8) is 0 Å². The van der Waals surface area contributed by atoms with Crippen LogP contribution in [0.25, 0.3) is 6.08 Å². The Balaban J connectivity index is 2.07. The fraction of sp³-hybridized carbons (Fsp3) is 0.120. The number of nitrogens with zero attached hydrogens (tertiary/aromatic N) is 2. The summed E-state index contributed by atoms with van der Waals surface area (Å²) in [5.41, 5.74) is 3.42. The average molecular weight is 398 g/mol.